The Kier molecular flexibility index (Phi) is 12.3. The second-order valence-corrected chi connectivity index (χ2v) is 13.6. The van der Waals surface area contributed by atoms with Crippen molar-refractivity contribution in [2.45, 2.75) is 43.7 Å². The van der Waals surface area contributed by atoms with Crippen LogP contribution < -0.4 is 9.62 Å². The molecule has 0 saturated carbocycles. The number of carbonyl (C=O) groups excluding carboxylic acids is 2. The molecule has 0 saturated heterocycles. The Morgan fingerprint density at radius 3 is 2.13 bits per heavy atom. The average Bonchev–Trinajstić information content (AvgIpc) is 3.03. The van der Waals surface area contributed by atoms with Crippen LogP contribution in [0.15, 0.2) is 108 Å². The minimum Gasteiger partial charge on any atom is -0.354 e. The van der Waals surface area contributed by atoms with E-state index in [4.69, 9.17) is 34.8 Å². The molecule has 236 valence electrons. The summed E-state index contributed by atoms with van der Waals surface area (Å²) in [6.07, 6.45) is 1.83. The number of rotatable bonds is 14. The van der Waals surface area contributed by atoms with Gasteiger partial charge in [-0.25, -0.2) is 8.42 Å². The van der Waals surface area contributed by atoms with Crippen LogP contribution in [0.4, 0.5) is 5.69 Å². The first-order valence-corrected chi connectivity index (χ1v) is 17.1. The molecule has 0 aliphatic heterocycles. The van der Waals surface area contributed by atoms with Crippen molar-refractivity contribution in [3.63, 3.8) is 0 Å². The Morgan fingerprint density at radius 2 is 1.49 bits per heavy atom. The van der Waals surface area contributed by atoms with Crippen molar-refractivity contribution in [2.75, 3.05) is 17.4 Å². The molecule has 0 aromatic heterocycles. The van der Waals surface area contributed by atoms with Crippen LogP contribution in [0.1, 0.15) is 30.9 Å². The molecule has 7 nitrogen and oxygen atoms in total. The molecule has 0 aliphatic carbocycles. The van der Waals surface area contributed by atoms with E-state index in [1.165, 1.54) is 23.1 Å². The topological polar surface area (TPSA) is 86.8 Å². The normalized spacial score (nSPS) is 11.9. The Bertz CT molecular complexity index is 1710. The molecule has 11 heteroatoms. The molecule has 4 rings (SSSR count). The largest absolute Gasteiger partial charge is 0.354 e. The first-order chi connectivity index (χ1) is 21.6. The predicted octanol–water partition coefficient (Wildman–Crippen LogP) is 7.40. The number of hydrogen-bond donors (Lipinski definition) is 1. The number of nitrogens with zero attached hydrogens (tertiary/aromatic N) is 2. The zero-order valence-electron chi connectivity index (χ0n) is 24.7. The van der Waals surface area contributed by atoms with Crippen LogP contribution in [0.25, 0.3) is 0 Å². The van der Waals surface area contributed by atoms with Gasteiger partial charge in [0.1, 0.15) is 12.6 Å². The number of anilines is 1. The summed E-state index contributed by atoms with van der Waals surface area (Å²) < 4.78 is 29.1. The number of carbonyl (C=O) groups is 2. The number of nitrogens with one attached hydrogen (secondary N) is 1. The van der Waals surface area contributed by atoms with Crippen LogP contribution in [0.3, 0.4) is 0 Å². The summed E-state index contributed by atoms with van der Waals surface area (Å²) in [7, 11) is -4.23. The predicted molar refractivity (Wildman–Crippen MR) is 181 cm³/mol. The maximum Gasteiger partial charge on any atom is 0.264 e. The van der Waals surface area contributed by atoms with Gasteiger partial charge in [-0.15, -0.1) is 0 Å². The molecule has 0 spiro atoms. The maximum atomic E-state index is 14.5. The van der Waals surface area contributed by atoms with E-state index in [0.717, 1.165) is 22.7 Å². The second-order valence-electron chi connectivity index (χ2n) is 10.4. The summed E-state index contributed by atoms with van der Waals surface area (Å²) >= 11 is 19.0. The van der Waals surface area contributed by atoms with Gasteiger partial charge in [-0.1, -0.05) is 109 Å². The van der Waals surface area contributed by atoms with Crippen LogP contribution in [0.2, 0.25) is 15.1 Å². The highest BCUT2D eigenvalue weighted by Gasteiger charge is 2.35. The van der Waals surface area contributed by atoms with Gasteiger partial charge in [-0.05, 0) is 60.0 Å². The van der Waals surface area contributed by atoms with Crippen LogP contribution in [0.5, 0.6) is 0 Å². The zero-order chi connectivity index (χ0) is 32.4. The Hall–Kier alpha value is -3.56. The number of sulfonamides is 1. The van der Waals surface area contributed by atoms with Crippen LogP contribution in [-0.2, 0) is 32.6 Å². The summed E-state index contributed by atoms with van der Waals surface area (Å²) in [5.74, 6) is -0.960. The summed E-state index contributed by atoms with van der Waals surface area (Å²) in [5, 5.41) is 3.99. The summed E-state index contributed by atoms with van der Waals surface area (Å²) in [4.78, 5) is 29.7. The fourth-order valence-corrected chi connectivity index (χ4v) is 6.85. The molecule has 0 radical (unpaired) electrons. The van der Waals surface area contributed by atoms with Crippen LogP contribution in [-0.4, -0.2) is 44.3 Å². The van der Waals surface area contributed by atoms with E-state index in [1.54, 1.807) is 54.6 Å². The summed E-state index contributed by atoms with van der Waals surface area (Å²) in [5.41, 5.74) is 1.59. The lowest BCUT2D eigenvalue weighted by Crippen LogP contribution is -2.53. The van der Waals surface area contributed by atoms with E-state index >= 15 is 0 Å². The molecule has 4 aromatic rings. The van der Waals surface area contributed by atoms with Crippen molar-refractivity contribution < 1.29 is 18.0 Å². The molecular formula is C34H34Cl3N3O4S. The molecule has 0 bridgehead atoms. The Labute approximate surface area is 279 Å². The van der Waals surface area contributed by atoms with Crippen LogP contribution >= 0.6 is 34.8 Å². The number of hydrogen-bond acceptors (Lipinski definition) is 4. The first-order valence-electron chi connectivity index (χ1n) is 14.5. The van der Waals surface area contributed by atoms with Gasteiger partial charge in [-0.2, -0.15) is 0 Å². The van der Waals surface area contributed by atoms with Crippen molar-refractivity contribution in [2.24, 2.45) is 0 Å². The lowest BCUT2D eigenvalue weighted by Gasteiger charge is -2.34. The smallest absolute Gasteiger partial charge is 0.264 e. The lowest BCUT2D eigenvalue weighted by atomic mass is 10.0. The molecule has 4 aromatic carbocycles. The van der Waals surface area contributed by atoms with Gasteiger partial charge in [0.25, 0.3) is 10.0 Å². The van der Waals surface area contributed by atoms with Crippen molar-refractivity contribution in [1.82, 2.24) is 10.2 Å². The molecular weight excluding hydrogens is 653 g/mol. The molecule has 0 unspecified atom stereocenters. The van der Waals surface area contributed by atoms with E-state index in [9.17, 15) is 18.0 Å². The van der Waals surface area contributed by atoms with Gasteiger partial charge in [0.2, 0.25) is 11.8 Å². The summed E-state index contributed by atoms with van der Waals surface area (Å²) in [6, 6.07) is 27.4. The first kappa shape index (κ1) is 34.3. The lowest BCUT2D eigenvalue weighted by molar-refractivity contribution is -0.140. The van der Waals surface area contributed by atoms with E-state index in [-0.39, 0.29) is 29.5 Å². The highest BCUT2D eigenvalue weighted by molar-refractivity contribution is 7.92. The Morgan fingerprint density at radius 1 is 0.822 bits per heavy atom. The van der Waals surface area contributed by atoms with Crippen molar-refractivity contribution in [1.29, 1.82) is 0 Å². The second kappa shape index (κ2) is 16.1. The number of benzene rings is 4. The molecule has 1 N–H and O–H groups in total. The number of amides is 2. The van der Waals surface area contributed by atoms with Crippen LogP contribution in [0, 0.1) is 0 Å². The molecule has 45 heavy (non-hydrogen) atoms. The van der Waals surface area contributed by atoms with Gasteiger partial charge in [-0.3, -0.25) is 13.9 Å². The van der Waals surface area contributed by atoms with Crippen molar-refractivity contribution in [3.05, 3.63) is 129 Å². The fraction of sp³-hybridized carbons (Fsp3) is 0.235. The highest BCUT2D eigenvalue weighted by atomic mass is 35.5. The zero-order valence-corrected chi connectivity index (χ0v) is 27.8. The van der Waals surface area contributed by atoms with E-state index in [2.05, 4.69) is 5.32 Å². The van der Waals surface area contributed by atoms with Crippen molar-refractivity contribution in [3.8, 4) is 0 Å². The maximum absolute atomic E-state index is 14.5. The van der Waals surface area contributed by atoms with Crippen molar-refractivity contribution >= 4 is 62.3 Å². The third-order valence-corrected chi connectivity index (χ3v) is 9.77. The van der Waals surface area contributed by atoms with Gasteiger partial charge in [0.05, 0.1) is 10.6 Å². The quantitative estimate of drug-likeness (QED) is 0.140. The van der Waals surface area contributed by atoms with E-state index in [0.29, 0.717) is 27.2 Å². The van der Waals surface area contributed by atoms with Gasteiger partial charge >= 0.3 is 0 Å². The Balaban J connectivity index is 1.80. The number of halogens is 3. The minimum atomic E-state index is -4.23. The standard InChI is InChI=1S/C34H34Cl3N3O4S/c1-2-3-19-38-34(42)32(20-25-11-6-4-7-12-25)39(23-26-17-18-28(36)22-31(26)37)33(41)24-40(29-14-10-13-27(35)21-29)45(43,44)30-15-8-5-9-16-30/h4-18,21-22,32H,2-3,19-20,23-24H2,1H3,(H,38,42)/t32-/m1/s1. The third-order valence-electron chi connectivity index (χ3n) is 7.16. The average molecular weight is 687 g/mol. The molecule has 2 amide bonds. The molecule has 1 atom stereocenters. The summed E-state index contributed by atoms with van der Waals surface area (Å²) in [6.45, 7) is 1.78. The number of unbranched alkanes of at least 4 members (excludes halogenated alkanes) is 1. The van der Waals surface area contributed by atoms with E-state index in [1.807, 2.05) is 37.3 Å². The van der Waals surface area contributed by atoms with Gasteiger partial charge in [0, 0.05) is 34.6 Å². The molecule has 0 fully saturated rings. The monoisotopic (exact) mass is 685 g/mol. The molecule has 0 aliphatic rings. The third kappa shape index (κ3) is 9.23. The van der Waals surface area contributed by atoms with E-state index < -0.39 is 28.5 Å². The van der Waals surface area contributed by atoms with Gasteiger partial charge in [0.15, 0.2) is 0 Å². The fourth-order valence-electron chi connectivity index (χ4n) is 4.77. The SMILES string of the molecule is CCCCNC(=O)[C@@H](Cc1ccccc1)N(Cc1ccc(Cl)cc1Cl)C(=O)CN(c1cccc(Cl)c1)S(=O)(=O)c1ccccc1. The van der Waals surface area contributed by atoms with Gasteiger partial charge < -0.3 is 10.2 Å². The minimum absolute atomic E-state index is 0.00298. The highest BCUT2D eigenvalue weighted by Crippen LogP contribution is 2.28. The molecule has 0 heterocycles.